The Balaban J connectivity index is 2.35. The van der Waals surface area contributed by atoms with Crippen molar-refractivity contribution < 1.29 is 4.74 Å². The SMILES string of the molecule is Nc1cccc(Oc2ncc(Cl)cc2Br)c1Br. The van der Waals surface area contributed by atoms with Crippen molar-refractivity contribution in [2.45, 2.75) is 0 Å². The van der Waals surface area contributed by atoms with Gasteiger partial charge in [0.15, 0.2) is 0 Å². The van der Waals surface area contributed by atoms with E-state index in [1.54, 1.807) is 24.3 Å². The van der Waals surface area contributed by atoms with Crippen molar-refractivity contribution in [2.24, 2.45) is 0 Å². The topological polar surface area (TPSA) is 48.1 Å². The summed E-state index contributed by atoms with van der Waals surface area (Å²) in [4.78, 5) is 4.08. The molecule has 0 aliphatic rings. The van der Waals surface area contributed by atoms with Gasteiger partial charge >= 0.3 is 0 Å². The maximum Gasteiger partial charge on any atom is 0.233 e. The Bertz CT molecular complexity index is 563. The van der Waals surface area contributed by atoms with Crippen LogP contribution in [0.25, 0.3) is 0 Å². The summed E-state index contributed by atoms with van der Waals surface area (Å²) in [6.07, 6.45) is 1.52. The number of aromatic nitrogens is 1. The van der Waals surface area contributed by atoms with E-state index in [1.807, 2.05) is 0 Å². The van der Waals surface area contributed by atoms with Gasteiger partial charge in [0.2, 0.25) is 5.88 Å². The summed E-state index contributed by atoms with van der Waals surface area (Å²) in [5, 5.41) is 0.538. The van der Waals surface area contributed by atoms with Crippen LogP contribution in [0.4, 0.5) is 5.69 Å². The van der Waals surface area contributed by atoms with Crippen LogP contribution in [0.1, 0.15) is 0 Å². The lowest BCUT2D eigenvalue weighted by Gasteiger charge is -2.09. The van der Waals surface area contributed by atoms with Crippen LogP contribution in [0.15, 0.2) is 39.4 Å². The van der Waals surface area contributed by atoms with Crippen molar-refractivity contribution in [3.63, 3.8) is 0 Å². The highest BCUT2D eigenvalue weighted by Gasteiger charge is 2.09. The van der Waals surface area contributed by atoms with Crippen molar-refractivity contribution >= 4 is 49.1 Å². The Morgan fingerprint density at radius 2 is 2.06 bits per heavy atom. The molecule has 1 aromatic carbocycles. The highest BCUT2D eigenvalue weighted by Crippen LogP contribution is 2.35. The lowest BCUT2D eigenvalue weighted by atomic mass is 10.3. The first-order chi connectivity index (χ1) is 8.08. The minimum absolute atomic E-state index is 0.431. The molecule has 2 N–H and O–H groups in total. The fourth-order valence-corrected chi connectivity index (χ4v) is 2.25. The number of nitrogen functional groups attached to an aromatic ring is 1. The zero-order chi connectivity index (χ0) is 12.4. The second kappa shape index (κ2) is 5.25. The molecule has 0 aliphatic heterocycles. The van der Waals surface area contributed by atoms with E-state index in [4.69, 9.17) is 22.1 Å². The minimum Gasteiger partial charge on any atom is -0.437 e. The van der Waals surface area contributed by atoms with Crippen LogP contribution in [0, 0.1) is 0 Å². The number of halogens is 3. The Morgan fingerprint density at radius 1 is 1.29 bits per heavy atom. The van der Waals surface area contributed by atoms with Crippen LogP contribution < -0.4 is 10.5 Å². The third kappa shape index (κ3) is 2.91. The minimum atomic E-state index is 0.431. The molecule has 17 heavy (non-hydrogen) atoms. The molecule has 88 valence electrons. The number of anilines is 1. The first kappa shape index (κ1) is 12.7. The number of pyridine rings is 1. The molecule has 2 aromatic rings. The molecule has 0 spiro atoms. The van der Waals surface area contributed by atoms with Crippen LogP contribution >= 0.6 is 43.5 Å². The van der Waals surface area contributed by atoms with Crippen molar-refractivity contribution in [1.82, 2.24) is 4.98 Å². The molecule has 3 nitrogen and oxygen atoms in total. The van der Waals surface area contributed by atoms with Crippen LogP contribution in [-0.2, 0) is 0 Å². The molecule has 0 fully saturated rings. The summed E-state index contributed by atoms with van der Waals surface area (Å²) in [5.41, 5.74) is 6.36. The molecular weight excluding hydrogens is 371 g/mol. The maximum absolute atomic E-state index is 5.80. The zero-order valence-corrected chi connectivity index (χ0v) is 12.4. The number of hydrogen-bond donors (Lipinski definition) is 1. The second-order valence-electron chi connectivity index (χ2n) is 3.20. The molecule has 0 saturated carbocycles. The molecule has 1 heterocycles. The normalized spacial score (nSPS) is 10.3. The summed E-state index contributed by atoms with van der Waals surface area (Å²) in [6, 6.07) is 7.09. The highest BCUT2D eigenvalue weighted by atomic mass is 79.9. The quantitative estimate of drug-likeness (QED) is 0.775. The van der Waals surface area contributed by atoms with Gasteiger partial charge in [-0.1, -0.05) is 17.7 Å². The average molecular weight is 378 g/mol. The predicted molar refractivity (Wildman–Crippen MR) is 75.6 cm³/mol. The van der Waals surface area contributed by atoms with Gasteiger partial charge in [0.1, 0.15) is 5.75 Å². The van der Waals surface area contributed by atoms with Gasteiger partial charge in [-0.05, 0) is 50.1 Å². The van der Waals surface area contributed by atoms with Gasteiger partial charge in [0.25, 0.3) is 0 Å². The average Bonchev–Trinajstić information content (AvgIpc) is 2.28. The Morgan fingerprint density at radius 3 is 2.76 bits per heavy atom. The van der Waals surface area contributed by atoms with Crippen LogP contribution in [-0.4, -0.2) is 4.98 Å². The number of rotatable bonds is 2. The summed E-state index contributed by atoms with van der Waals surface area (Å²) >= 11 is 12.5. The molecule has 0 aliphatic carbocycles. The number of nitrogens with zero attached hydrogens (tertiary/aromatic N) is 1. The van der Waals surface area contributed by atoms with Gasteiger partial charge in [0.05, 0.1) is 14.0 Å². The van der Waals surface area contributed by atoms with E-state index >= 15 is 0 Å². The van der Waals surface area contributed by atoms with Gasteiger partial charge in [-0.25, -0.2) is 4.98 Å². The lowest BCUT2D eigenvalue weighted by molar-refractivity contribution is 0.457. The summed E-state index contributed by atoms with van der Waals surface area (Å²) in [7, 11) is 0. The van der Waals surface area contributed by atoms with E-state index in [9.17, 15) is 0 Å². The Hall–Kier alpha value is -0.780. The van der Waals surface area contributed by atoms with E-state index in [1.165, 1.54) is 6.20 Å². The highest BCUT2D eigenvalue weighted by molar-refractivity contribution is 9.11. The monoisotopic (exact) mass is 376 g/mol. The molecule has 6 heteroatoms. The lowest BCUT2D eigenvalue weighted by Crippen LogP contribution is -1.93. The number of benzene rings is 1. The second-order valence-corrected chi connectivity index (χ2v) is 5.29. The van der Waals surface area contributed by atoms with Crippen LogP contribution in [0.5, 0.6) is 11.6 Å². The number of ether oxygens (including phenoxy) is 1. The van der Waals surface area contributed by atoms with Crippen LogP contribution in [0.2, 0.25) is 5.02 Å². The van der Waals surface area contributed by atoms with Crippen molar-refractivity contribution in [2.75, 3.05) is 5.73 Å². The van der Waals surface area contributed by atoms with Crippen LogP contribution in [0.3, 0.4) is 0 Å². The Kier molecular flexibility index (Phi) is 3.91. The molecule has 0 atom stereocenters. The summed E-state index contributed by atoms with van der Waals surface area (Å²) in [6.45, 7) is 0. The van der Waals surface area contributed by atoms with Gasteiger partial charge in [-0.2, -0.15) is 0 Å². The first-order valence-corrected chi connectivity index (χ1v) is 6.57. The number of hydrogen-bond acceptors (Lipinski definition) is 3. The van der Waals surface area contributed by atoms with E-state index in [-0.39, 0.29) is 0 Å². The van der Waals surface area contributed by atoms with E-state index in [2.05, 4.69) is 36.8 Å². The zero-order valence-electron chi connectivity index (χ0n) is 8.45. The largest absolute Gasteiger partial charge is 0.437 e. The van der Waals surface area contributed by atoms with E-state index in [0.717, 1.165) is 0 Å². The molecule has 0 amide bonds. The summed E-state index contributed by atoms with van der Waals surface area (Å²) < 4.78 is 7.01. The van der Waals surface area contributed by atoms with Crippen molar-refractivity contribution in [1.29, 1.82) is 0 Å². The Labute approximate surface area is 120 Å². The molecule has 0 radical (unpaired) electrons. The summed E-state index contributed by atoms with van der Waals surface area (Å²) in [5.74, 6) is 1.03. The molecule has 0 bridgehead atoms. The molecule has 0 saturated heterocycles. The van der Waals surface area contributed by atoms with Crippen molar-refractivity contribution in [3.8, 4) is 11.6 Å². The van der Waals surface area contributed by atoms with Gasteiger partial charge in [0, 0.05) is 11.9 Å². The van der Waals surface area contributed by atoms with Gasteiger partial charge in [-0.3, -0.25) is 0 Å². The third-order valence-electron chi connectivity index (χ3n) is 1.97. The molecule has 2 rings (SSSR count). The molecule has 1 aromatic heterocycles. The number of nitrogens with two attached hydrogens (primary N) is 1. The fraction of sp³-hybridized carbons (Fsp3) is 0. The third-order valence-corrected chi connectivity index (χ3v) is 3.60. The molecule has 0 unspecified atom stereocenters. The first-order valence-electron chi connectivity index (χ1n) is 4.61. The predicted octanol–water partition coefficient (Wildman–Crippen LogP) is 4.63. The standard InChI is InChI=1S/C11H7Br2ClN2O/c12-7-4-6(14)5-16-11(7)17-9-3-1-2-8(15)10(9)13/h1-5H,15H2. The maximum atomic E-state index is 5.80. The van der Waals surface area contributed by atoms with Crippen molar-refractivity contribution in [3.05, 3.63) is 44.4 Å². The fourth-order valence-electron chi connectivity index (χ4n) is 1.19. The van der Waals surface area contributed by atoms with E-state index in [0.29, 0.717) is 31.3 Å². The smallest absolute Gasteiger partial charge is 0.233 e. The van der Waals surface area contributed by atoms with E-state index < -0.39 is 0 Å². The van der Waals surface area contributed by atoms with Gasteiger partial charge in [-0.15, -0.1) is 0 Å². The molecular formula is C11H7Br2ClN2O. The van der Waals surface area contributed by atoms with Gasteiger partial charge < -0.3 is 10.5 Å².